The Hall–Kier alpha value is -1.46. The first-order valence-corrected chi connectivity index (χ1v) is 5.31. The molecule has 0 radical (unpaired) electrons. The largest absolute Gasteiger partial charge is 0.491 e. The Labute approximate surface area is 102 Å². The van der Waals surface area contributed by atoms with Gasteiger partial charge in [-0.15, -0.1) is 0 Å². The number of benzene rings is 1. The van der Waals surface area contributed by atoms with Crippen LogP contribution in [0.2, 0.25) is 5.15 Å². The summed E-state index contributed by atoms with van der Waals surface area (Å²) < 4.78 is 23.9. The highest BCUT2D eigenvalue weighted by Gasteiger charge is 2.10. The predicted octanol–water partition coefficient (Wildman–Crippen LogP) is 2.45. The molecule has 0 aliphatic rings. The molecule has 0 bridgehead atoms. The minimum atomic E-state index is -0.500. The lowest BCUT2D eigenvalue weighted by atomic mass is 10.2. The Balaban J connectivity index is 2.35. The van der Waals surface area contributed by atoms with Gasteiger partial charge in [-0.05, 0) is 0 Å². The summed E-state index contributed by atoms with van der Waals surface area (Å²) in [5.41, 5.74) is 0.414. The fourth-order valence-electron chi connectivity index (χ4n) is 1.41. The topological polar surface area (TPSA) is 44.2 Å². The van der Waals surface area contributed by atoms with Gasteiger partial charge in [0.25, 0.3) is 0 Å². The van der Waals surface area contributed by atoms with Crippen LogP contribution in [0, 0.1) is 5.82 Å². The molecule has 1 aromatic carbocycles. The maximum atomic E-state index is 13.7. The molecule has 0 amide bonds. The molecule has 0 atom stereocenters. The zero-order valence-electron chi connectivity index (χ0n) is 9.11. The molecule has 1 heterocycles. The smallest absolute Gasteiger partial charge is 0.143 e. The maximum Gasteiger partial charge on any atom is 0.143 e. The van der Waals surface area contributed by atoms with Crippen molar-refractivity contribution in [2.75, 3.05) is 20.3 Å². The van der Waals surface area contributed by atoms with Crippen LogP contribution in [-0.4, -0.2) is 30.3 Å². The molecule has 0 aliphatic carbocycles. The van der Waals surface area contributed by atoms with E-state index in [4.69, 9.17) is 21.1 Å². The zero-order valence-corrected chi connectivity index (χ0v) is 9.87. The first-order chi connectivity index (χ1) is 8.22. The van der Waals surface area contributed by atoms with Crippen LogP contribution in [0.3, 0.4) is 0 Å². The van der Waals surface area contributed by atoms with Gasteiger partial charge in [0, 0.05) is 19.2 Å². The van der Waals surface area contributed by atoms with Crippen LogP contribution in [0.5, 0.6) is 5.75 Å². The average Bonchev–Trinajstić information content (AvgIpc) is 2.29. The number of fused-ring (bicyclic) bond motifs is 1. The molecule has 0 saturated heterocycles. The SMILES string of the molecule is COCCOc1cc(F)c2c(Cl)ncnc2c1. The molecule has 0 N–H and O–H groups in total. The molecule has 17 heavy (non-hydrogen) atoms. The van der Waals surface area contributed by atoms with Crippen molar-refractivity contribution in [1.29, 1.82) is 0 Å². The number of hydrogen-bond donors (Lipinski definition) is 0. The molecule has 0 unspecified atom stereocenters. The van der Waals surface area contributed by atoms with E-state index in [1.54, 1.807) is 13.2 Å². The van der Waals surface area contributed by atoms with E-state index in [2.05, 4.69) is 9.97 Å². The van der Waals surface area contributed by atoms with Gasteiger partial charge in [0.2, 0.25) is 0 Å². The molecular formula is C11H10ClFN2O2. The quantitative estimate of drug-likeness (QED) is 0.623. The standard InChI is InChI=1S/C11H10ClFN2O2/c1-16-2-3-17-7-4-8(13)10-9(5-7)14-6-15-11(10)12/h4-6H,2-3H2,1H3. The van der Waals surface area contributed by atoms with Crippen LogP contribution in [0.15, 0.2) is 18.5 Å². The van der Waals surface area contributed by atoms with Crippen LogP contribution in [0.25, 0.3) is 10.9 Å². The number of halogens is 2. The molecular weight excluding hydrogens is 247 g/mol. The van der Waals surface area contributed by atoms with Crippen LogP contribution < -0.4 is 4.74 Å². The van der Waals surface area contributed by atoms with E-state index in [9.17, 15) is 4.39 Å². The Morgan fingerprint density at radius 2 is 2.12 bits per heavy atom. The summed E-state index contributed by atoms with van der Waals surface area (Å²) in [5.74, 6) is -0.109. The molecule has 2 rings (SSSR count). The summed E-state index contributed by atoms with van der Waals surface area (Å²) in [5, 5.41) is 0.296. The van der Waals surface area contributed by atoms with E-state index in [1.165, 1.54) is 12.4 Å². The van der Waals surface area contributed by atoms with Crippen molar-refractivity contribution in [3.63, 3.8) is 0 Å². The van der Waals surface area contributed by atoms with Gasteiger partial charge in [0.1, 0.15) is 29.7 Å². The third-order valence-corrected chi connectivity index (χ3v) is 2.46. The normalized spacial score (nSPS) is 10.8. The van der Waals surface area contributed by atoms with Crippen LogP contribution in [-0.2, 0) is 4.74 Å². The summed E-state index contributed by atoms with van der Waals surface area (Å²) in [4.78, 5) is 7.67. The summed E-state index contributed by atoms with van der Waals surface area (Å²) in [6.07, 6.45) is 1.28. The summed E-state index contributed by atoms with van der Waals surface area (Å²) in [6.45, 7) is 0.782. The van der Waals surface area contributed by atoms with Gasteiger partial charge in [-0.25, -0.2) is 14.4 Å². The Kier molecular flexibility index (Phi) is 3.71. The molecule has 2 aromatic rings. The fourth-order valence-corrected chi connectivity index (χ4v) is 1.64. The number of nitrogens with zero attached hydrogens (tertiary/aromatic N) is 2. The molecule has 0 fully saturated rings. The van der Waals surface area contributed by atoms with Crippen molar-refractivity contribution in [2.24, 2.45) is 0 Å². The van der Waals surface area contributed by atoms with E-state index >= 15 is 0 Å². The van der Waals surface area contributed by atoms with Gasteiger partial charge in [0.05, 0.1) is 17.5 Å². The number of ether oxygens (including phenoxy) is 2. The first-order valence-electron chi connectivity index (χ1n) is 4.94. The highest BCUT2D eigenvalue weighted by atomic mass is 35.5. The van der Waals surface area contributed by atoms with Crippen molar-refractivity contribution in [2.45, 2.75) is 0 Å². The van der Waals surface area contributed by atoms with Gasteiger partial charge in [-0.2, -0.15) is 0 Å². The van der Waals surface area contributed by atoms with Crippen molar-refractivity contribution in [3.05, 3.63) is 29.4 Å². The van der Waals surface area contributed by atoms with Crippen molar-refractivity contribution in [1.82, 2.24) is 9.97 Å². The lowest BCUT2D eigenvalue weighted by Crippen LogP contribution is -2.04. The average molecular weight is 257 g/mol. The monoisotopic (exact) mass is 256 g/mol. The van der Waals surface area contributed by atoms with E-state index in [0.29, 0.717) is 24.5 Å². The van der Waals surface area contributed by atoms with E-state index in [0.717, 1.165) is 0 Å². The van der Waals surface area contributed by atoms with Gasteiger partial charge >= 0.3 is 0 Å². The maximum absolute atomic E-state index is 13.7. The highest BCUT2D eigenvalue weighted by Crippen LogP contribution is 2.26. The minimum Gasteiger partial charge on any atom is -0.491 e. The van der Waals surface area contributed by atoms with Crippen molar-refractivity contribution in [3.8, 4) is 5.75 Å². The Morgan fingerprint density at radius 3 is 2.88 bits per heavy atom. The van der Waals surface area contributed by atoms with E-state index in [1.807, 2.05) is 0 Å². The van der Waals surface area contributed by atoms with Gasteiger partial charge < -0.3 is 9.47 Å². The molecule has 4 nitrogen and oxygen atoms in total. The lowest BCUT2D eigenvalue weighted by molar-refractivity contribution is 0.146. The van der Waals surface area contributed by atoms with Gasteiger partial charge in [0.15, 0.2) is 0 Å². The highest BCUT2D eigenvalue weighted by molar-refractivity contribution is 6.34. The van der Waals surface area contributed by atoms with Crippen molar-refractivity contribution >= 4 is 22.5 Å². The lowest BCUT2D eigenvalue weighted by Gasteiger charge is -2.07. The van der Waals surface area contributed by atoms with E-state index in [-0.39, 0.29) is 10.5 Å². The molecule has 6 heteroatoms. The molecule has 90 valence electrons. The third kappa shape index (κ3) is 2.62. The fraction of sp³-hybridized carbons (Fsp3) is 0.273. The number of methoxy groups -OCH3 is 1. The van der Waals surface area contributed by atoms with Gasteiger partial charge in [-0.3, -0.25) is 0 Å². The van der Waals surface area contributed by atoms with Gasteiger partial charge in [-0.1, -0.05) is 11.6 Å². The number of aromatic nitrogens is 2. The summed E-state index contributed by atoms with van der Waals surface area (Å²) in [7, 11) is 1.57. The van der Waals surface area contributed by atoms with Crippen LogP contribution in [0.1, 0.15) is 0 Å². The molecule has 0 spiro atoms. The predicted molar refractivity (Wildman–Crippen MR) is 61.9 cm³/mol. The van der Waals surface area contributed by atoms with E-state index < -0.39 is 5.82 Å². The van der Waals surface area contributed by atoms with Crippen molar-refractivity contribution < 1.29 is 13.9 Å². The third-order valence-electron chi connectivity index (χ3n) is 2.17. The minimum absolute atomic E-state index is 0.0935. The summed E-state index contributed by atoms with van der Waals surface area (Å²) in [6, 6.07) is 2.87. The first kappa shape index (κ1) is 12.0. The van der Waals surface area contributed by atoms with Crippen LogP contribution >= 0.6 is 11.6 Å². The summed E-state index contributed by atoms with van der Waals surface area (Å²) >= 11 is 5.79. The number of rotatable bonds is 4. The molecule has 0 aliphatic heterocycles. The Morgan fingerprint density at radius 1 is 1.29 bits per heavy atom. The number of hydrogen-bond acceptors (Lipinski definition) is 4. The second-order valence-corrected chi connectivity index (χ2v) is 3.66. The zero-order chi connectivity index (χ0) is 12.3. The second-order valence-electron chi connectivity index (χ2n) is 3.30. The second kappa shape index (κ2) is 5.25. The Bertz CT molecular complexity index is 536. The van der Waals surface area contributed by atoms with Crippen LogP contribution in [0.4, 0.5) is 4.39 Å². The molecule has 0 saturated carbocycles. The molecule has 1 aromatic heterocycles.